The Labute approximate surface area is 137 Å². The topological polar surface area (TPSA) is 51.2 Å². The number of rotatable bonds is 3. The van der Waals surface area contributed by atoms with E-state index in [1.807, 2.05) is 0 Å². The van der Waals surface area contributed by atoms with Crippen molar-refractivity contribution in [2.24, 2.45) is 0 Å². The summed E-state index contributed by atoms with van der Waals surface area (Å²) in [7, 11) is 0. The van der Waals surface area contributed by atoms with Gasteiger partial charge >= 0.3 is 5.97 Å². The van der Waals surface area contributed by atoms with Crippen LogP contribution < -0.4 is 5.48 Å². The van der Waals surface area contributed by atoms with Crippen LogP contribution >= 0.6 is 11.3 Å². The van der Waals surface area contributed by atoms with E-state index >= 15 is 0 Å². The van der Waals surface area contributed by atoms with Crippen LogP contribution in [-0.4, -0.2) is 17.0 Å². The Morgan fingerprint density at radius 3 is 2.74 bits per heavy atom. The van der Waals surface area contributed by atoms with Crippen molar-refractivity contribution < 1.29 is 14.0 Å². The second-order valence-corrected chi connectivity index (χ2v) is 6.31. The summed E-state index contributed by atoms with van der Waals surface area (Å²) < 4.78 is 12.8. The molecule has 23 heavy (non-hydrogen) atoms. The van der Waals surface area contributed by atoms with Crippen molar-refractivity contribution in [3.05, 3.63) is 51.7 Å². The number of thiazole rings is 1. The molecule has 0 aliphatic heterocycles. The van der Waals surface area contributed by atoms with Gasteiger partial charge in [0, 0.05) is 11.6 Å². The molecule has 0 radical (unpaired) electrons. The molecular formula is C17H15FN2O2S. The summed E-state index contributed by atoms with van der Waals surface area (Å²) >= 11 is 1.17. The zero-order chi connectivity index (χ0) is 16.1. The lowest BCUT2D eigenvalue weighted by Gasteiger charge is -2.09. The second-order valence-electron chi connectivity index (χ2n) is 5.28. The molecular weight excluding hydrogens is 315 g/mol. The maximum absolute atomic E-state index is 12.8. The predicted octanol–water partition coefficient (Wildman–Crippen LogP) is 3.29. The van der Waals surface area contributed by atoms with Gasteiger partial charge in [0.15, 0.2) is 5.01 Å². The molecule has 0 saturated heterocycles. The Hall–Kier alpha value is -2.23. The average molecular weight is 330 g/mol. The summed E-state index contributed by atoms with van der Waals surface area (Å²) in [5.41, 5.74) is 3.50. The fourth-order valence-electron chi connectivity index (χ4n) is 2.32. The molecule has 1 saturated carbocycles. The van der Waals surface area contributed by atoms with Gasteiger partial charge in [0.25, 0.3) is 0 Å². The van der Waals surface area contributed by atoms with Crippen molar-refractivity contribution >= 4 is 17.3 Å². The average Bonchev–Trinajstić information content (AvgIpc) is 3.24. The maximum Gasteiger partial charge on any atom is 0.368 e. The molecule has 118 valence electrons. The molecule has 4 nitrogen and oxygen atoms in total. The summed E-state index contributed by atoms with van der Waals surface area (Å²) in [6.45, 7) is 0. The molecule has 0 spiro atoms. The molecule has 1 aliphatic rings. The van der Waals surface area contributed by atoms with Gasteiger partial charge in [-0.25, -0.2) is 14.2 Å². The van der Waals surface area contributed by atoms with E-state index < -0.39 is 5.97 Å². The van der Waals surface area contributed by atoms with Crippen LogP contribution in [0.1, 0.15) is 45.9 Å². The third-order valence-electron chi connectivity index (χ3n) is 3.54. The number of hydrogen-bond donors (Lipinski definition) is 1. The number of carbonyl (C=O) groups is 1. The van der Waals surface area contributed by atoms with Gasteiger partial charge < -0.3 is 4.84 Å². The molecule has 0 bridgehead atoms. The molecule has 2 aromatic rings. The molecule has 1 aromatic carbocycles. The fourth-order valence-corrected chi connectivity index (χ4v) is 2.96. The van der Waals surface area contributed by atoms with Gasteiger partial charge in [0.2, 0.25) is 0 Å². The number of hydrogen-bond acceptors (Lipinski definition) is 5. The standard InChI is InChI=1S/C17H15FN2O2S/c18-13-8-5-12(6-9-13)7-10-16-19-11-15(23-16)17(21)22-20-14-3-1-2-4-14/h5-6,8-9,11,14,20H,1-4H2. The van der Waals surface area contributed by atoms with Crippen LogP contribution in [0, 0.1) is 17.7 Å². The predicted molar refractivity (Wildman–Crippen MR) is 85.3 cm³/mol. The molecule has 1 heterocycles. The Kier molecular flexibility index (Phi) is 5.01. The smallest absolute Gasteiger partial charge is 0.366 e. The van der Waals surface area contributed by atoms with E-state index in [1.54, 1.807) is 12.1 Å². The van der Waals surface area contributed by atoms with Crippen molar-refractivity contribution in [1.82, 2.24) is 10.5 Å². The molecule has 0 atom stereocenters. The summed E-state index contributed by atoms with van der Waals surface area (Å²) in [4.78, 5) is 21.5. The number of nitrogens with one attached hydrogen (secondary N) is 1. The fraction of sp³-hybridized carbons (Fsp3) is 0.294. The van der Waals surface area contributed by atoms with Crippen LogP contribution in [0.25, 0.3) is 0 Å². The molecule has 0 unspecified atom stereocenters. The summed E-state index contributed by atoms with van der Waals surface area (Å²) in [5, 5.41) is 0.516. The van der Waals surface area contributed by atoms with Crippen molar-refractivity contribution in [1.29, 1.82) is 0 Å². The van der Waals surface area contributed by atoms with Crippen molar-refractivity contribution in [2.45, 2.75) is 31.7 Å². The maximum atomic E-state index is 12.8. The Bertz CT molecular complexity index is 740. The largest absolute Gasteiger partial charge is 0.368 e. The number of nitrogens with zero attached hydrogens (tertiary/aromatic N) is 1. The van der Waals surface area contributed by atoms with Gasteiger partial charge in [-0.05, 0) is 43.0 Å². The van der Waals surface area contributed by atoms with Crippen molar-refractivity contribution in [3.8, 4) is 11.8 Å². The van der Waals surface area contributed by atoms with Gasteiger partial charge in [-0.2, -0.15) is 0 Å². The monoisotopic (exact) mass is 330 g/mol. The van der Waals surface area contributed by atoms with E-state index in [0.717, 1.165) is 12.8 Å². The van der Waals surface area contributed by atoms with E-state index in [0.29, 0.717) is 15.4 Å². The van der Waals surface area contributed by atoms with Crippen LogP contribution in [0.4, 0.5) is 4.39 Å². The summed E-state index contributed by atoms with van der Waals surface area (Å²) in [6.07, 6.45) is 5.85. The minimum absolute atomic E-state index is 0.254. The number of benzene rings is 1. The second kappa shape index (κ2) is 7.36. The van der Waals surface area contributed by atoms with Crippen LogP contribution in [0.15, 0.2) is 30.5 Å². The molecule has 0 amide bonds. The molecule has 1 N–H and O–H groups in total. The number of hydroxylamine groups is 1. The highest BCUT2D eigenvalue weighted by molar-refractivity contribution is 7.14. The van der Waals surface area contributed by atoms with E-state index in [2.05, 4.69) is 22.3 Å². The Balaban J connectivity index is 1.59. The third-order valence-corrected chi connectivity index (χ3v) is 4.43. The lowest BCUT2D eigenvalue weighted by Crippen LogP contribution is -2.28. The minimum Gasteiger partial charge on any atom is -0.366 e. The normalized spacial score (nSPS) is 14.3. The SMILES string of the molecule is O=C(ONC1CCCC1)c1cnc(C#Cc2ccc(F)cc2)s1. The highest BCUT2D eigenvalue weighted by atomic mass is 32.1. The number of carbonyl (C=O) groups excluding carboxylic acids is 1. The van der Waals surface area contributed by atoms with Crippen molar-refractivity contribution in [2.75, 3.05) is 0 Å². The highest BCUT2D eigenvalue weighted by Crippen LogP contribution is 2.18. The molecule has 1 aromatic heterocycles. The van der Waals surface area contributed by atoms with E-state index in [9.17, 15) is 9.18 Å². The first-order valence-electron chi connectivity index (χ1n) is 7.41. The van der Waals surface area contributed by atoms with Crippen LogP contribution in [0.5, 0.6) is 0 Å². The van der Waals surface area contributed by atoms with Gasteiger partial charge in [-0.3, -0.25) is 0 Å². The first kappa shape index (κ1) is 15.7. The molecule has 6 heteroatoms. The van der Waals surface area contributed by atoms with Gasteiger partial charge in [-0.15, -0.1) is 5.48 Å². The Morgan fingerprint density at radius 2 is 2.00 bits per heavy atom. The van der Waals surface area contributed by atoms with Crippen molar-refractivity contribution in [3.63, 3.8) is 0 Å². The summed E-state index contributed by atoms with van der Waals surface area (Å²) in [5.74, 6) is 5.00. The first-order chi connectivity index (χ1) is 11.2. The zero-order valence-corrected chi connectivity index (χ0v) is 13.2. The van der Waals surface area contributed by atoms with Crippen LogP contribution in [0.2, 0.25) is 0 Å². The quantitative estimate of drug-likeness (QED) is 0.693. The van der Waals surface area contributed by atoms with Gasteiger partial charge in [-0.1, -0.05) is 30.1 Å². The molecule has 1 fully saturated rings. The van der Waals surface area contributed by atoms with Crippen LogP contribution in [0.3, 0.4) is 0 Å². The number of aromatic nitrogens is 1. The highest BCUT2D eigenvalue weighted by Gasteiger charge is 2.18. The molecule has 3 rings (SSSR count). The lowest BCUT2D eigenvalue weighted by atomic mass is 10.2. The van der Waals surface area contributed by atoms with Gasteiger partial charge in [0.05, 0.1) is 6.20 Å². The molecule has 1 aliphatic carbocycles. The zero-order valence-electron chi connectivity index (χ0n) is 12.3. The van der Waals surface area contributed by atoms with E-state index in [1.165, 1.54) is 42.5 Å². The van der Waals surface area contributed by atoms with Gasteiger partial charge in [0.1, 0.15) is 10.7 Å². The first-order valence-corrected chi connectivity index (χ1v) is 8.22. The van der Waals surface area contributed by atoms with E-state index in [-0.39, 0.29) is 11.9 Å². The summed E-state index contributed by atoms with van der Waals surface area (Å²) in [6, 6.07) is 6.14. The minimum atomic E-state index is -0.441. The van der Waals surface area contributed by atoms with Crippen LogP contribution in [-0.2, 0) is 4.84 Å². The third kappa shape index (κ3) is 4.38. The number of halogens is 1. The van der Waals surface area contributed by atoms with E-state index in [4.69, 9.17) is 4.84 Å². The Morgan fingerprint density at radius 1 is 1.26 bits per heavy atom. The lowest BCUT2D eigenvalue weighted by molar-refractivity contribution is 0.0166.